The predicted octanol–water partition coefficient (Wildman–Crippen LogP) is 4.77. The first kappa shape index (κ1) is 14.7. The number of anilines is 1. The van der Waals surface area contributed by atoms with E-state index in [-0.39, 0.29) is 11.7 Å². The van der Waals surface area contributed by atoms with Crippen LogP contribution in [0.1, 0.15) is 27.0 Å². The summed E-state index contributed by atoms with van der Waals surface area (Å²) in [5.41, 5.74) is 4.19. The Labute approximate surface area is 126 Å². The Morgan fingerprint density at radius 3 is 2.25 bits per heavy atom. The molecule has 0 saturated carbocycles. The van der Waals surface area contributed by atoms with Crippen molar-refractivity contribution in [3.05, 3.63) is 62.9 Å². The third-order valence-electron chi connectivity index (χ3n) is 3.08. The summed E-state index contributed by atoms with van der Waals surface area (Å²) in [6, 6.07) is 8.12. The molecule has 0 aliphatic carbocycles. The van der Waals surface area contributed by atoms with Gasteiger partial charge in [-0.3, -0.25) is 4.79 Å². The second-order valence-electron chi connectivity index (χ2n) is 4.85. The van der Waals surface area contributed by atoms with E-state index in [2.05, 4.69) is 21.2 Å². The standard InChI is InChI=1S/C16H15BrFNO/c1-9-6-10(2)15(11(3)7-9)16(20)19-14-5-4-12(18)8-13(14)17/h4-8H,1-3H3,(H,19,20). The lowest BCUT2D eigenvalue weighted by molar-refractivity contribution is 0.102. The summed E-state index contributed by atoms with van der Waals surface area (Å²) in [4.78, 5) is 12.4. The molecule has 2 nitrogen and oxygen atoms in total. The van der Waals surface area contributed by atoms with Gasteiger partial charge >= 0.3 is 0 Å². The van der Waals surface area contributed by atoms with Gasteiger partial charge in [-0.25, -0.2) is 4.39 Å². The number of hydrogen-bond donors (Lipinski definition) is 1. The zero-order valence-corrected chi connectivity index (χ0v) is 13.1. The van der Waals surface area contributed by atoms with Gasteiger partial charge < -0.3 is 5.32 Å². The minimum Gasteiger partial charge on any atom is -0.321 e. The molecule has 2 rings (SSSR count). The summed E-state index contributed by atoms with van der Waals surface area (Å²) in [7, 11) is 0. The van der Waals surface area contributed by atoms with Gasteiger partial charge in [0.1, 0.15) is 5.82 Å². The first-order valence-electron chi connectivity index (χ1n) is 6.22. The maximum Gasteiger partial charge on any atom is 0.256 e. The van der Waals surface area contributed by atoms with Gasteiger partial charge in [0, 0.05) is 10.0 Å². The average molecular weight is 336 g/mol. The predicted molar refractivity (Wildman–Crippen MR) is 82.7 cm³/mol. The molecule has 2 aromatic rings. The number of carbonyl (C=O) groups excluding carboxylic acids is 1. The van der Waals surface area contributed by atoms with Gasteiger partial charge in [-0.05, 0) is 66.0 Å². The van der Waals surface area contributed by atoms with Crippen molar-refractivity contribution in [2.24, 2.45) is 0 Å². The van der Waals surface area contributed by atoms with E-state index in [0.29, 0.717) is 15.7 Å². The Kier molecular flexibility index (Phi) is 4.23. The van der Waals surface area contributed by atoms with Crippen LogP contribution in [0, 0.1) is 26.6 Å². The number of aryl methyl sites for hydroxylation is 3. The lowest BCUT2D eigenvalue weighted by atomic mass is 9.99. The number of rotatable bonds is 2. The molecule has 0 aliphatic heterocycles. The molecule has 20 heavy (non-hydrogen) atoms. The number of halogens is 2. The van der Waals surface area contributed by atoms with Gasteiger partial charge in [0.05, 0.1) is 5.69 Å². The Hall–Kier alpha value is -1.68. The number of hydrogen-bond acceptors (Lipinski definition) is 1. The monoisotopic (exact) mass is 335 g/mol. The summed E-state index contributed by atoms with van der Waals surface area (Å²) in [6.07, 6.45) is 0. The van der Waals surface area contributed by atoms with Crippen LogP contribution in [0.15, 0.2) is 34.8 Å². The molecule has 0 radical (unpaired) electrons. The zero-order valence-electron chi connectivity index (χ0n) is 11.6. The summed E-state index contributed by atoms with van der Waals surface area (Å²) in [6.45, 7) is 5.82. The fourth-order valence-electron chi connectivity index (χ4n) is 2.31. The average Bonchev–Trinajstić information content (AvgIpc) is 2.31. The van der Waals surface area contributed by atoms with Crippen molar-refractivity contribution >= 4 is 27.5 Å². The van der Waals surface area contributed by atoms with E-state index >= 15 is 0 Å². The van der Waals surface area contributed by atoms with Crippen LogP contribution < -0.4 is 5.32 Å². The Morgan fingerprint density at radius 2 is 1.70 bits per heavy atom. The van der Waals surface area contributed by atoms with E-state index in [1.807, 2.05) is 32.9 Å². The molecule has 0 atom stereocenters. The number of nitrogens with one attached hydrogen (secondary N) is 1. The van der Waals surface area contributed by atoms with E-state index in [0.717, 1.165) is 16.7 Å². The molecule has 0 aliphatic rings. The maximum atomic E-state index is 13.0. The minimum absolute atomic E-state index is 0.188. The van der Waals surface area contributed by atoms with Gasteiger partial charge in [-0.2, -0.15) is 0 Å². The topological polar surface area (TPSA) is 29.1 Å². The molecule has 0 heterocycles. The molecule has 0 bridgehead atoms. The highest BCUT2D eigenvalue weighted by atomic mass is 79.9. The number of benzene rings is 2. The molecule has 0 unspecified atom stereocenters. The number of amides is 1. The molecule has 0 fully saturated rings. The molecular formula is C16H15BrFNO. The van der Waals surface area contributed by atoms with E-state index in [9.17, 15) is 9.18 Å². The van der Waals surface area contributed by atoms with Crippen molar-refractivity contribution in [3.8, 4) is 0 Å². The van der Waals surface area contributed by atoms with Crippen molar-refractivity contribution in [1.82, 2.24) is 0 Å². The number of carbonyl (C=O) groups is 1. The van der Waals surface area contributed by atoms with Crippen molar-refractivity contribution in [1.29, 1.82) is 0 Å². The van der Waals surface area contributed by atoms with Gasteiger partial charge in [-0.1, -0.05) is 17.7 Å². The molecule has 104 valence electrons. The van der Waals surface area contributed by atoms with Gasteiger partial charge in [0.25, 0.3) is 5.91 Å². The van der Waals surface area contributed by atoms with Crippen molar-refractivity contribution < 1.29 is 9.18 Å². The quantitative estimate of drug-likeness (QED) is 0.841. The summed E-state index contributed by atoms with van der Waals surface area (Å²) >= 11 is 3.24. The van der Waals surface area contributed by atoms with E-state index in [4.69, 9.17) is 0 Å². The SMILES string of the molecule is Cc1cc(C)c(C(=O)Nc2ccc(F)cc2Br)c(C)c1. The summed E-state index contributed by atoms with van der Waals surface area (Å²) < 4.78 is 13.6. The van der Waals surface area contributed by atoms with Crippen LogP contribution in [0.3, 0.4) is 0 Å². The fraction of sp³-hybridized carbons (Fsp3) is 0.188. The summed E-state index contributed by atoms with van der Waals surface area (Å²) in [5.74, 6) is -0.537. The second kappa shape index (κ2) is 5.75. The Bertz CT molecular complexity index is 659. The second-order valence-corrected chi connectivity index (χ2v) is 5.71. The first-order chi connectivity index (χ1) is 9.38. The molecule has 0 aromatic heterocycles. The van der Waals surface area contributed by atoms with Crippen molar-refractivity contribution in [2.45, 2.75) is 20.8 Å². The Morgan fingerprint density at radius 1 is 1.10 bits per heavy atom. The molecule has 4 heteroatoms. The summed E-state index contributed by atoms with van der Waals surface area (Å²) in [5, 5.41) is 2.80. The van der Waals surface area contributed by atoms with Crippen molar-refractivity contribution in [2.75, 3.05) is 5.32 Å². The van der Waals surface area contributed by atoms with E-state index in [1.54, 1.807) is 0 Å². The minimum atomic E-state index is -0.349. The van der Waals surface area contributed by atoms with Crippen LogP contribution in [0.2, 0.25) is 0 Å². The van der Waals surface area contributed by atoms with Crippen LogP contribution in [0.5, 0.6) is 0 Å². The van der Waals surface area contributed by atoms with Gasteiger partial charge in [-0.15, -0.1) is 0 Å². The Balaban J connectivity index is 2.33. The van der Waals surface area contributed by atoms with Crippen LogP contribution >= 0.6 is 15.9 Å². The van der Waals surface area contributed by atoms with E-state index < -0.39 is 0 Å². The normalized spacial score (nSPS) is 10.4. The maximum absolute atomic E-state index is 13.0. The van der Waals surface area contributed by atoms with Gasteiger partial charge in [0.15, 0.2) is 0 Å². The third-order valence-corrected chi connectivity index (χ3v) is 3.74. The largest absolute Gasteiger partial charge is 0.321 e. The van der Waals surface area contributed by atoms with Crippen molar-refractivity contribution in [3.63, 3.8) is 0 Å². The lowest BCUT2D eigenvalue weighted by Gasteiger charge is -2.12. The van der Waals surface area contributed by atoms with Crippen LogP contribution in [0.25, 0.3) is 0 Å². The molecule has 2 aromatic carbocycles. The fourth-order valence-corrected chi connectivity index (χ4v) is 2.76. The highest BCUT2D eigenvalue weighted by molar-refractivity contribution is 9.10. The third kappa shape index (κ3) is 3.07. The van der Waals surface area contributed by atoms with Crippen LogP contribution in [0.4, 0.5) is 10.1 Å². The molecular weight excluding hydrogens is 321 g/mol. The molecule has 1 N–H and O–H groups in total. The highest BCUT2D eigenvalue weighted by Crippen LogP contribution is 2.25. The lowest BCUT2D eigenvalue weighted by Crippen LogP contribution is -2.15. The zero-order chi connectivity index (χ0) is 14.9. The molecule has 1 amide bonds. The smallest absolute Gasteiger partial charge is 0.256 e. The first-order valence-corrected chi connectivity index (χ1v) is 7.02. The van der Waals surface area contributed by atoms with Crippen LogP contribution in [-0.2, 0) is 0 Å². The van der Waals surface area contributed by atoms with Crippen LogP contribution in [-0.4, -0.2) is 5.91 Å². The van der Waals surface area contributed by atoms with E-state index in [1.165, 1.54) is 18.2 Å². The molecule has 0 saturated heterocycles. The molecule has 0 spiro atoms. The van der Waals surface area contributed by atoms with Gasteiger partial charge in [0.2, 0.25) is 0 Å². The highest BCUT2D eigenvalue weighted by Gasteiger charge is 2.14.